The van der Waals surface area contributed by atoms with Crippen molar-refractivity contribution in [1.29, 1.82) is 0 Å². The number of aliphatic hydroxyl groups excluding tert-OH is 1. The first-order valence-electron chi connectivity index (χ1n) is 13.1. The highest BCUT2D eigenvalue weighted by molar-refractivity contribution is 5.28. The summed E-state index contributed by atoms with van der Waals surface area (Å²) in [6.45, 7) is 17.0. The molecule has 1 nitrogen and oxygen atoms in total. The molecular formula is C29H48O. The first kappa shape index (κ1) is 22.6. The van der Waals surface area contributed by atoms with Gasteiger partial charge in [-0.05, 0) is 125 Å². The molecule has 9 unspecified atom stereocenters. The molecule has 0 spiro atoms. The van der Waals surface area contributed by atoms with Gasteiger partial charge in [-0.15, -0.1) is 0 Å². The fraction of sp³-hybridized carbons (Fsp3) is 0.862. The Morgan fingerprint density at radius 2 is 1.70 bits per heavy atom. The van der Waals surface area contributed by atoms with Gasteiger partial charge in [0.15, 0.2) is 0 Å². The molecular weight excluding hydrogens is 364 g/mol. The molecule has 0 radical (unpaired) electrons. The van der Waals surface area contributed by atoms with E-state index in [-0.39, 0.29) is 6.10 Å². The Kier molecular flexibility index (Phi) is 6.10. The third-order valence-corrected chi connectivity index (χ3v) is 11.2. The van der Waals surface area contributed by atoms with E-state index in [4.69, 9.17) is 0 Å². The fourth-order valence-corrected chi connectivity index (χ4v) is 8.82. The van der Waals surface area contributed by atoms with Gasteiger partial charge in [0.1, 0.15) is 0 Å². The van der Waals surface area contributed by atoms with E-state index in [1.807, 2.05) is 5.57 Å². The van der Waals surface area contributed by atoms with Crippen LogP contribution in [0, 0.1) is 46.3 Å². The van der Waals surface area contributed by atoms with Gasteiger partial charge >= 0.3 is 0 Å². The summed E-state index contributed by atoms with van der Waals surface area (Å²) < 4.78 is 0. The quantitative estimate of drug-likeness (QED) is 0.464. The summed E-state index contributed by atoms with van der Waals surface area (Å²) in [6.07, 6.45) is 14.4. The molecule has 1 heteroatoms. The van der Waals surface area contributed by atoms with Crippen LogP contribution < -0.4 is 0 Å². The average molecular weight is 413 g/mol. The standard InChI is InChI=1S/C29H48O/c1-18(2)19(3)8-9-20(4)23-12-13-25-22-10-11-24-21(5)27(30)15-17-29(24,7)26(22)14-16-28(23,25)6/h10,20-21,23-27,30H,8-9,11-17H2,1-7H3. The third-order valence-electron chi connectivity index (χ3n) is 11.2. The molecule has 0 aromatic rings. The van der Waals surface area contributed by atoms with Crippen molar-refractivity contribution < 1.29 is 5.11 Å². The summed E-state index contributed by atoms with van der Waals surface area (Å²) >= 11 is 0. The molecule has 170 valence electrons. The van der Waals surface area contributed by atoms with Gasteiger partial charge in [-0.1, -0.05) is 50.5 Å². The van der Waals surface area contributed by atoms with Gasteiger partial charge in [0, 0.05) is 0 Å². The van der Waals surface area contributed by atoms with Crippen LogP contribution in [0.5, 0.6) is 0 Å². The van der Waals surface area contributed by atoms with E-state index in [2.05, 4.69) is 54.5 Å². The Morgan fingerprint density at radius 3 is 2.40 bits per heavy atom. The van der Waals surface area contributed by atoms with E-state index in [1.54, 1.807) is 5.57 Å². The maximum Gasteiger partial charge on any atom is 0.0568 e. The third kappa shape index (κ3) is 3.46. The lowest BCUT2D eigenvalue weighted by Crippen LogP contribution is -2.52. The summed E-state index contributed by atoms with van der Waals surface area (Å²) in [7, 11) is 0. The molecule has 30 heavy (non-hydrogen) atoms. The number of hydrogen-bond donors (Lipinski definition) is 1. The van der Waals surface area contributed by atoms with Crippen LogP contribution in [0.4, 0.5) is 0 Å². The Hall–Kier alpha value is -0.560. The second-order valence-electron chi connectivity index (χ2n) is 12.6. The molecule has 0 bridgehead atoms. The molecule has 4 aliphatic carbocycles. The van der Waals surface area contributed by atoms with E-state index in [1.165, 1.54) is 56.9 Å². The van der Waals surface area contributed by atoms with Crippen LogP contribution >= 0.6 is 0 Å². The van der Waals surface area contributed by atoms with Gasteiger partial charge < -0.3 is 5.11 Å². The molecule has 0 aliphatic heterocycles. The smallest absolute Gasteiger partial charge is 0.0568 e. The molecule has 0 aromatic heterocycles. The van der Waals surface area contributed by atoms with Crippen molar-refractivity contribution in [1.82, 2.24) is 0 Å². The monoisotopic (exact) mass is 412 g/mol. The molecule has 1 N–H and O–H groups in total. The van der Waals surface area contributed by atoms with Gasteiger partial charge in [-0.25, -0.2) is 0 Å². The highest BCUT2D eigenvalue weighted by Crippen LogP contribution is 2.67. The average Bonchev–Trinajstić information content (AvgIpc) is 3.06. The van der Waals surface area contributed by atoms with Crippen LogP contribution in [0.25, 0.3) is 0 Å². The van der Waals surface area contributed by atoms with Crippen molar-refractivity contribution in [2.75, 3.05) is 0 Å². The van der Waals surface area contributed by atoms with Crippen molar-refractivity contribution >= 4 is 0 Å². The Balaban J connectivity index is 1.54. The zero-order valence-electron chi connectivity index (χ0n) is 20.9. The predicted octanol–water partition coefficient (Wildman–Crippen LogP) is 7.94. The van der Waals surface area contributed by atoms with E-state index in [0.29, 0.717) is 22.7 Å². The van der Waals surface area contributed by atoms with Crippen molar-refractivity contribution in [3.05, 3.63) is 22.8 Å². The molecule has 4 rings (SSSR count). The lowest BCUT2D eigenvalue weighted by atomic mass is 9.46. The summed E-state index contributed by atoms with van der Waals surface area (Å²) in [4.78, 5) is 0. The van der Waals surface area contributed by atoms with Gasteiger partial charge in [-0.3, -0.25) is 0 Å². The topological polar surface area (TPSA) is 20.2 Å². The second-order valence-corrected chi connectivity index (χ2v) is 12.6. The van der Waals surface area contributed by atoms with Gasteiger partial charge in [0.25, 0.3) is 0 Å². The van der Waals surface area contributed by atoms with Crippen LogP contribution in [-0.2, 0) is 0 Å². The first-order valence-corrected chi connectivity index (χ1v) is 13.1. The lowest BCUT2D eigenvalue weighted by Gasteiger charge is -2.59. The SMILES string of the molecule is CC(C)=C(C)CCC(C)C1CCC2C3=CCC4C(C)C(O)CCC4(C)C3CCC21C. The van der Waals surface area contributed by atoms with Crippen LogP contribution in [0.1, 0.15) is 106 Å². The Labute approximate surface area is 186 Å². The van der Waals surface area contributed by atoms with Gasteiger partial charge in [-0.2, -0.15) is 0 Å². The minimum absolute atomic E-state index is 0.0761. The summed E-state index contributed by atoms with van der Waals surface area (Å²) in [5.41, 5.74) is 5.92. The molecule has 0 aromatic carbocycles. The summed E-state index contributed by atoms with van der Waals surface area (Å²) in [5, 5.41) is 10.5. The zero-order valence-corrected chi connectivity index (χ0v) is 20.9. The Morgan fingerprint density at radius 1 is 1.03 bits per heavy atom. The second kappa shape index (κ2) is 8.09. The molecule has 0 saturated heterocycles. The van der Waals surface area contributed by atoms with Crippen molar-refractivity contribution in [2.24, 2.45) is 46.3 Å². The van der Waals surface area contributed by atoms with Crippen LogP contribution in [-0.4, -0.2) is 11.2 Å². The summed E-state index contributed by atoms with van der Waals surface area (Å²) in [5.74, 6) is 4.49. The molecule has 9 atom stereocenters. The van der Waals surface area contributed by atoms with Gasteiger partial charge in [0.2, 0.25) is 0 Å². The lowest BCUT2D eigenvalue weighted by molar-refractivity contribution is -0.0773. The van der Waals surface area contributed by atoms with E-state index >= 15 is 0 Å². The highest BCUT2D eigenvalue weighted by atomic mass is 16.3. The van der Waals surface area contributed by atoms with Crippen molar-refractivity contribution in [2.45, 2.75) is 112 Å². The summed E-state index contributed by atoms with van der Waals surface area (Å²) in [6, 6.07) is 0. The van der Waals surface area contributed by atoms with Gasteiger partial charge in [0.05, 0.1) is 6.10 Å². The van der Waals surface area contributed by atoms with Crippen LogP contribution in [0.3, 0.4) is 0 Å². The largest absolute Gasteiger partial charge is 0.393 e. The van der Waals surface area contributed by atoms with Crippen LogP contribution in [0.2, 0.25) is 0 Å². The fourth-order valence-electron chi connectivity index (χ4n) is 8.82. The first-order chi connectivity index (χ1) is 14.1. The van der Waals surface area contributed by atoms with E-state index in [9.17, 15) is 5.11 Å². The zero-order chi connectivity index (χ0) is 21.8. The molecule has 0 amide bonds. The number of fused-ring (bicyclic) bond motifs is 5. The van der Waals surface area contributed by atoms with Crippen LogP contribution in [0.15, 0.2) is 22.8 Å². The maximum atomic E-state index is 10.5. The number of allylic oxidation sites excluding steroid dienone is 4. The number of hydrogen-bond acceptors (Lipinski definition) is 1. The normalized spacial score (nSPS) is 46.3. The molecule has 3 fully saturated rings. The highest BCUT2D eigenvalue weighted by Gasteiger charge is 2.59. The number of aliphatic hydroxyl groups is 1. The number of rotatable bonds is 4. The van der Waals surface area contributed by atoms with E-state index < -0.39 is 0 Å². The maximum absolute atomic E-state index is 10.5. The molecule has 3 saturated carbocycles. The van der Waals surface area contributed by atoms with Crippen molar-refractivity contribution in [3.8, 4) is 0 Å². The molecule has 0 heterocycles. The molecule has 4 aliphatic rings. The minimum atomic E-state index is -0.0761. The van der Waals surface area contributed by atoms with Crippen molar-refractivity contribution in [3.63, 3.8) is 0 Å². The van der Waals surface area contributed by atoms with E-state index in [0.717, 1.165) is 30.1 Å². The minimum Gasteiger partial charge on any atom is -0.393 e. The Bertz CT molecular complexity index is 712. The predicted molar refractivity (Wildman–Crippen MR) is 128 cm³/mol.